The first kappa shape index (κ1) is 23.9. The number of anilines is 1. The first-order valence-electron chi connectivity index (χ1n) is 10.7. The molecule has 2 aromatic rings. The highest BCUT2D eigenvalue weighted by Gasteiger charge is 2.27. The van der Waals surface area contributed by atoms with Gasteiger partial charge >= 0.3 is 5.97 Å². The number of thiophene rings is 1. The van der Waals surface area contributed by atoms with Crippen LogP contribution in [0.15, 0.2) is 12.1 Å². The third-order valence-electron chi connectivity index (χ3n) is 5.13. The number of halogens is 2. The van der Waals surface area contributed by atoms with Crippen molar-refractivity contribution in [2.75, 3.05) is 18.5 Å². The standard InChI is InChI=1S/C23H27Cl2NO4S/c1-3-5-8-11-30-20-16(24)12-14(13-17(20)25)21(27)26-22-19(23(28)29-4-2)15-9-6-7-10-18(15)31-22/h12-13H,3-11H2,1-2H3,(H,26,27). The third kappa shape index (κ3) is 5.73. The normalized spacial score (nSPS) is 12.9. The molecule has 168 valence electrons. The number of carbonyl (C=O) groups is 2. The molecular weight excluding hydrogens is 457 g/mol. The number of benzene rings is 1. The van der Waals surface area contributed by atoms with Crippen LogP contribution in [-0.2, 0) is 17.6 Å². The first-order chi connectivity index (χ1) is 15.0. The van der Waals surface area contributed by atoms with Crippen LogP contribution in [0.25, 0.3) is 0 Å². The highest BCUT2D eigenvalue weighted by Crippen LogP contribution is 2.39. The minimum absolute atomic E-state index is 0.280. The van der Waals surface area contributed by atoms with E-state index in [1.807, 2.05) is 0 Å². The maximum atomic E-state index is 13.0. The lowest BCUT2D eigenvalue weighted by molar-refractivity contribution is 0.0526. The molecule has 1 amide bonds. The van der Waals surface area contributed by atoms with Gasteiger partial charge in [0.2, 0.25) is 0 Å². The van der Waals surface area contributed by atoms with Gasteiger partial charge in [-0.1, -0.05) is 43.0 Å². The molecule has 0 aliphatic heterocycles. The molecule has 1 aromatic heterocycles. The van der Waals surface area contributed by atoms with Gasteiger partial charge in [-0.3, -0.25) is 4.79 Å². The average molecular weight is 484 g/mol. The second-order valence-electron chi connectivity index (χ2n) is 7.41. The number of esters is 1. The van der Waals surface area contributed by atoms with E-state index in [-0.39, 0.29) is 22.6 Å². The van der Waals surface area contributed by atoms with E-state index in [0.717, 1.165) is 55.4 Å². The summed E-state index contributed by atoms with van der Waals surface area (Å²) >= 11 is 14.1. The highest BCUT2D eigenvalue weighted by atomic mass is 35.5. The number of ether oxygens (including phenoxy) is 2. The Kier molecular flexibility index (Phi) is 8.64. The van der Waals surface area contributed by atoms with Gasteiger partial charge in [0.1, 0.15) is 5.00 Å². The molecule has 0 saturated heterocycles. The second-order valence-corrected chi connectivity index (χ2v) is 9.33. The summed E-state index contributed by atoms with van der Waals surface area (Å²) < 4.78 is 10.9. The summed E-state index contributed by atoms with van der Waals surface area (Å²) in [7, 11) is 0. The Bertz CT molecular complexity index is 934. The summed E-state index contributed by atoms with van der Waals surface area (Å²) in [5.74, 6) is -0.399. The van der Waals surface area contributed by atoms with Gasteiger partial charge in [-0.05, 0) is 56.7 Å². The van der Waals surface area contributed by atoms with Gasteiger partial charge in [-0.15, -0.1) is 11.3 Å². The molecule has 0 bridgehead atoms. The van der Waals surface area contributed by atoms with Gasteiger partial charge in [-0.2, -0.15) is 0 Å². The molecule has 0 atom stereocenters. The molecular formula is C23H27Cl2NO4S. The van der Waals surface area contributed by atoms with Crippen molar-refractivity contribution in [3.05, 3.63) is 43.7 Å². The van der Waals surface area contributed by atoms with E-state index in [0.29, 0.717) is 28.5 Å². The molecule has 0 saturated carbocycles. The number of amides is 1. The number of unbranched alkanes of at least 4 members (excludes halogenated alkanes) is 2. The van der Waals surface area contributed by atoms with Crippen molar-refractivity contribution in [3.8, 4) is 5.75 Å². The predicted octanol–water partition coefficient (Wildman–Crippen LogP) is 6.93. The Balaban J connectivity index is 1.81. The van der Waals surface area contributed by atoms with Crippen molar-refractivity contribution < 1.29 is 19.1 Å². The maximum Gasteiger partial charge on any atom is 0.341 e. The summed E-state index contributed by atoms with van der Waals surface area (Å²) in [4.78, 5) is 26.7. The molecule has 1 aromatic carbocycles. The van der Waals surface area contributed by atoms with Crippen molar-refractivity contribution in [2.45, 2.75) is 58.8 Å². The Morgan fingerprint density at radius 2 is 1.81 bits per heavy atom. The van der Waals surface area contributed by atoms with E-state index >= 15 is 0 Å². The molecule has 31 heavy (non-hydrogen) atoms. The number of hydrogen-bond acceptors (Lipinski definition) is 5. The van der Waals surface area contributed by atoms with Crippen molar-refractivity contribution in [1.29, 1.82) is 0 Å². The van der Waals surface area contributed by atoms with Crippen molar-refractivity contribution in [1.82, 2.24) is 0 Å². The van der Waals surface area contributed by atoms with E-state index in [4.69, 9.17) is 32.7 Å². The lowest BCUT2D eigenvalue weighted by atomic mass is 9.95. The smallest absolute Gasteiger partial charge is 0.341 e. The van der Waals surface area contributed by atoms with Gasteiger partial charge in [0.25, 0.3) is 5.91 Å². The molecule has 8 heteroatoms. The Labute approximate surface area is 197 Å². The van der Waals surface area contributed by atoms with E-state index in [1.54, 1.807) is 6.92 Å². The monoisotopic (exact) mass is 483 g/mol. The fourth-order valence-corrected chi connectivity index (χ4v) is 5.47. The quantitative estimate of drug-likeness (QED) is 0.310. The number of carbonyl (C=O) groups excluding carboxylic acids is 2. The molecule has 1 aliphatic rings. The minimum atomic E-state index is -0.399. The molecule has 1 N–H and O–H groups in total. The molecule has 0 fully saturated rings. The largest absolute Gasteiger partial charge is 0.490 e. The molecule has 1 heterocycles. The Morgan fingerprint density at radius 1 is 1.10 bits per heavy atom. The number of nitrogens with one attached hydrogen (secondary N) is 1. The topological polar surface area (TPSA) is 64.6 Å². The summed E-state index contributed by atoms with van der Waals surface area (Å²) in [5, 5.41) is 3.96. The van der Waals surface area contributed by atoms with E-state index in [9.17, 15) is 9.59 Å². The van der Waals surface area contributed by atoms with Crippen LogP contribution < -0.4 is 10.1 Å². The lowest BCUT2D eigenvalue weighted by Crippen LogP contribution is -2.16. The van der Waals surface area contributed by atoms with Crippen LogP contribution in [0.4, 0.5) is 5.00 Å². The minimum Gasteiger partial charge on any atom is -0.490 e. The van der Waals surface area contributed by atoms with Gasteiger partial charge in [0.15, 0.2) is 5.75 Å². The van der Waals surface area contributed by atoms with Gasteiger partial charge in [-0.25, -0.2) is 4.79 Å². The zero-order chi connectivity index (χ0) is 22.4. The number of fused-ring (bicyclic) bond motifs is 1. The van der Waals surface area contributed by atoms with Crippen LogP contribution >= 0.6 is 34.5 Å². The fourth-order valence-electron chi connectivity index (χ4n) is 3.60. The van der Waals surface area contributed by atoms with Gasteiger partial charge in [0.05, 0.1) is 28.8 Å². The molecule has 0 radical (unpaired) electrons. The van der Waals surface area contributed by atoms with Crippen LogP contribution in [-0.4, -0.2) is 25.1 Å². The number of hydrogen-bond donors (Lipinski definition) is 1. The maximum absolute atomic E-state index is 13.0. The average Bonchev–Trinajstić information content (AvgIpc) is 3.10. The Morgan fingerprint density at radius 3 is 2.48 bits per heavy atom. The highest BCUT2D eigenvalue weighted by molar-refractivity contribution is 7.17. The fraction of sp³-hybridized carbons (Fsp3) is 0.478. The van der Waals surface area contributed by atoms with Gasteiger partial charge < -0.3 is 14.8 Å². The van der Waals surface area contributed by atoms with Crippen molar-refractivity contribution in [3.63, 3.8) is 0 Å². The third-order valence-corrected chi connectivity index (χ3v) is 6.90. The predicted molar refractivity (Wildman–Crippen MR) is 126 cm³/mol. The van der Waals surface area contributed by atoms with Crippen LogP contribution in [0.1, 0.15) is 77.1 Å². The van der Waals surface area contributed by atoms with E-state index in [2.05, 4.69) is 12.2 Å². The van der Waals surface area contributed by atoms with Crippen molar-refractivity contribution in [2.24, 2.45) is 0 Å². The van der Waals surface area contributed by atoms with Crippen LogP contribution in [0.2, 0.25) is 10.0 Å². The summed E-state index contributed by atoms with van der Waals surface area (Å²) in [6.07, 6.45) is 6.88. The van der Waals surface area contributed by atoms with Crippen LogP contribution in [0.5, 0.6) is 5.75 Å². The SMILES string of the molecule is CCCCCOc1c(Cl)cc(C(=O)Nc2sc3c(c2C(=O)OCC)CCCC3)cc1Cl. The summed E-state index contributed by atoms with van der Waals surface area (Å²) in [6, 6.07) is 3.07. The zero-order valence-electron chi connectivity index (χ0n) is 17.8. The Hall–Kier alpha value is -1.76. The van der Waals surface area contributed by atoms with E-state index in [1.165, 1.54) is 23.5 Å². The van der Waals surface area contributed by atoms with Crippen molar-refractivity contribution >= 4 is 51.4 Å². The number of rotatable bonds is 9. The second kappa shape index (κ2) is 11.2. The van der Waals surface area contributed by atoms with Crippen LogP contribution in [0.3, 0.4) is 0 Å². The summed E-state index contributed by atoms with van der Waals surface area (Å²) in [6.45, 7) is 4.68. The first-order valence-corrected chi connectivity index (χ1v) is 12.3. The molecule has 0 spiro atoms. The van der Waals surface area contributed by atoms with Crippen LogP contribution in [0, 0.1) is 0 Å². The van der Waals surface area contributed by atoms with E-state index < -0.39 is 5.97 Å². The summed E-state index contributed by atoms with van der Waals surface area (Å²) in [5.41, 5.74) is 1.77. The zero-order valence-corrected chi connectivity index (χ0v) is 20.1. The molecule has 3 rings (SSSR count). The lowest BCUT2D eigenvalue weighted by Gasteiger charge is -2.13. The molecule has 1 aliphatic carbocycles. The van der Waals surface area contributed by atoms with Gasteiger partial charge in [0, 0.05) is 10.4 Å². The number of aryl methyl sites for hydroxylation is 1. The molecule has 5 nitrogen and oxygen atoms in total. The molecule has 0 unspecified atom stereocenters.